The van der Waals surface area contributed by atoms with Crippen LogP contribution in [0.15, 0.2) is 21.8 Å². The van der Waals surface area contributed by atoms with Crippen molar-refractivity contribution in [3.05, 3.63) is 21.8 Å². The quantitative estimate of drug-likeness (QED) is 0.497. The van der Waals surface area contributed by atoms with Gasteiger partial charge in [0.05, 0.1) is 0 Å². The van der Waals surface area contributed by atoms with Crippen molar-refractivity contribution in [2.45, 2.75) is 52.3 Å². The molecule has 1 atom stereocenters. The molecule has 1 rings (SSSR count). The molecule has 1 unspecified atom stereocenters. The first kappa shape index (κ1) is 16.3. The van der Waals surface area contributed by atoms with Gasteiger partial charge in [-0.25, -0.2) is 0 Å². The van der Waals surface area contributed by atoms with E-state index < -0.39 is 44.8 Å². The number of rotatable bonds is 3. The summed E-state index contributed by atoms with van der Waals surface area (Å²) >= 11 is -3.86. The molecule has 0 heterocycles. The van der Waals surface area contributed by atoms with Gasteiger partial charge in [0.1, 0.15) is 0 Å². The zero-order chi connectivity index (χ0) is 13.7. The van der Waals surface area contributed by atoms with E-state index in [1.807, 2.05) is 0 Å². The van der Waals surface area contributed by atoms with E-state index in [1.165, 1.54) is 0 Å². The molecule has 0 aromatic carbocycles. The molecule has 17 heavy (non-hydrogen) atoms. The molecule has 1 aliphatic rings. The molecule has 0 saturated carbocycles. The van der Waals surface area contributed by atoms with Gasteiger partial charge in [-0.15, -0.1) is 0 Å². The summed E-state index contributed by atoms with van der Waals surface area (Å²) in [5, 5.41) is 0. The second kappa shape index (κ2) is 4.69. The van der Waals surface area contributed by atoms with Crippen LogP contribution in [0.5, 0.6) is 0 Å². The van der Waals surface area contributed by atoms with E-state index in [4.69, 9.17) is 0 Å². The standard InChI is InChI=1S/C8H12Si.6CH3.2Sn/c1-9(2,3)8-6-4-5-7-8;;;;;;;;/h4,6-7H,1-3H3;6*1H3;;. The molecule has 98 valence electrons. The Kier molecular flexibility index (Phi) is 4.51. The molecular weight excluding hydrogens is 434 g/mol. The Bertz CT molecular complexity index is 345. The van der Waals surface area contributed by atoms with Crippen LogP contribution in [0.3, 0.4) is 0 Å². The van der Waals surface area contributed by atoms with Crippen LogP contribution in [0.1, 0.15) is 0 Å². The van der Waals surface area contributed by atoms with Gasteiger partial charge in [0, 0.05) is 0 Å². The fourth-order valence-corrected chi connectivity index (χ4v) is 34.3. The number of hydrogen-bond donors (Lipinski definition) is 0. The molecule has 0 fully saturated rings. The number of allylic oxidation sites excluding steroid dienone is 4. The van der Waals surface area contributed by atoms with Crippen LogP contribution in [-0.4, -0.2) is 44.8 Å². The second-order valence-corrected chi connectivity index (χ2v) is 45.0. The topological polar surface area (TPSA) is 0 Å². The Hall–Kier alpha value is 1.29. The fraction of sp³-hybridized carbons (Fsp3) is 0.714. The monoisotopic (exact) mass is 466 g/mol. The zero-order valence-corrected chi connectivity index (χ0v) is 19.9. The van der Waals surface area contributed by atoms with Crippen LogP contribution in [0.2, 0.25) is 52.3 Å². The Morgan fingerprint density at radius 3 is 1.59 bits per heavy atom. The van der Waals surface area contributed by atoms with Crippen molar-refractivity contribution in [3.8, 4) is 0 Å². The summed E-state index contributed by atoms with van der Waals surface area (Å²) in [6.45, 7) is 7.70. The van der Waals surface area contributed by atoms with Crippen LogP contribution in [0.4, 0.5) is 0 Å². The predicted octanol–water partition coefficient (Wildman–Crippen LogP) is 5.32. The van der Waals surface area contributed by atoms with Gasteiger partial charge in [0.25, 0.3) is 0 Å². The minimum absolute atomic E-state index is 0.557. The summed E-state index contributed by atoms with van der Waals surface area (Å²) in [4.78, 5) is 15.5. The normalized spacial score (nSPS) is 26.3. The summed E-state index contributed by atoms with van der Waals surface area (Å²) in [5.41, 5.74) is 0. The maximum absolute atomic E-state index is 2.77. The average molecular weight is 464 g/mol. The van der Waals surface area contributed by atoms with Crippen LogP contribution in [-0.2, 0) is 0 Å². The molecule has 0 bridgehead atoms. The van der Waals surface area contributed by atoms with E-state index in [9.17, 15) is 0 Å². The first-order valence-electron chi connectivity index (χ1n) is 6.74. The van der Waals surface area contributed by atoms with Crippen molar-refractivity contribution < 1.29 is 0 Å². The third kappa shape index (κ3) is 3.07. The molecular formula is C14H30SiSn2. The van der Waals surface area contributed by atoms with E-state index in [0.29, 0.717) is 3.05 Å². The zero-order valence-electron chi connectivity index (χ0n) is 13.2. The van der Waals surface area contributed by atoms with Crippen LogP contribution < -0.4 is 0 Å². The molecule has 0 nitrogen and oxygen atoms in total. The van der Waals surface area contributed by atoms with Crippen molar-refractivity contribution >= 4 is 44.8 Å². The van der Waals surface area contributed by atoms with Crippen molar-refractivity contribution in [1.82, 2.24) is 0 Å². The van der Waals surface area contributed by atoms with Gasteiger partial charge in [0.15, 0.2) is 0 Å². The molecule has 0 spiro atoms. The molecule has 0 saturated heterocycles. The first-order valence-corrected chi connectivity index (χ1v) is 30.2. The van der Waals surface area contributed by atoms with Crippen LogP contribution in [0, 0.1) is 0 Å². The summed E-state index contributed by atoms with van der Waals surface area (Å²) in [6, 6.07) is 0. The molecule has 1 aliphatic carbocycles. The van der Waals surface area contributed by atoms with Gasteiger partial charge in [-0.2, -0.15) is 0 Å². The average Bonchev–Trinajstić information content (AvgIpc) is 2.43. The Morgan fingerprint density at radius 1 is 0.941 bits per heavy atom. The summed E-state index contributed by atoms with van der Waals surface area (Å²) in [6.07, 6.45) is 7.94. The molecule has 0 aromatic rings. The van der Waals surface area contributed by atoms with Crippen molar-refractivity contribution in [1.29, 1.82) is 0 Å². The summed E-state index contributed by atoms with van der Waals surface area (Å²) in [5.74, 6) is 0. The van der Waals surface area contributed by atoms with E-state index in [-0.39, 0.29) is 0 Å². The van der Waals surface area contributed by atoms with E-state index in [2.05, 4.69) is 67.5 Å². The van der Waals surface area contributed by atoms with Crippen molar-refractivity contribution in [3.63, 3.8) is 0 Å². The minimum atomic E-state index is -1.99. The van der Waals surface area contributed by atoms with Gasteiger partial charge in [-0.3, -0.25) is 0 Å². The summed E-state index contributed by atoms with van der Waals surface area (Å²) in [7, 11) is -1.17. The first-order chi connectivity index (χ1) is 7.31. The Balaban J connectivity index is 3.36. The molecule has 0 amide bonds. The maximum atomic E-state index is 2.77. The Labute approximate surface area is 118 Å². The van der Waals surface area contributed by atoms with Crippen LogP contribution >= 0.6 is 0 Å². The van der Waals surface area contributed by atoms with Crippen molar-refractivity contribution in [2.75, 3.05) is 0 Å². The SMILES string of the molecule is C[Si](C)(C)[C]1([Sn]([CH3])([CH3])[CH3])C=C[C]([Sn]([CH3])([CH3])[CH3])=C1. The van der Waals surface area contributed by atoms with Crippen molar-refractivity contribution in [2.24, 2.45) is 0 Å². The van der Waals surface area contributed by atoms with E-state index in [1.54, 1.807) is 3.59 Å². The van der Waals surface area contributed by atoms with E-state index >= 15 is 0 Å². The third-order valence-electron chi connectivity index (χ3n) is 4.26. The number of hydrogen-bond acceptors (Lipinski definition) is 0. The molecule has 0 N–H and O–H groups in total. The van der Waals surface area contributed by atoms with Gasteiger partial charge < -0.3 is 0 Å². The molecule has 0 radical (unpaired) electrons. The fourth-order valence-electron chi connectivity index (χ4n) is 3.09. The van der Waals surface area contributed by atoms with Gasteiger partial charge in [0.2, 0.25) is 0 Å². The molecule has 0 aromatic heterocycles. The predicted molar refractivity (Wildman–Crippen MR) is 90.0 cm³/mol. The molecule has 3 heteroatoms. The third-order valence-corrected chi connectivity index (χ3v) is 32.3. The van der Waals surface area contributed by atoms with E-state index in [0.717, 1.165) is 0 Å². The Morgan fingerprint density at radius 2 is 1.41 bits per heavy atom. The second-order valence-electron chi connectivity index (χ2n) is 8.55. The van der Waals surface area contributed by atoms with Gasteiger partial charge in [-0.05, 0) is 0 Å². The van der Waals surface area contributed by atoms with Gasteiger partial charge >= 0.3 is 119 Å². The van der Waals surface area contributed by atoms with Gasteiger partial charge in [-0.1, -0.05) is 0 Å². The summed E-state index contributed by atoms with van der Waals surface area (Å²) < 4.78 is 2.33. The van der Waals surface area contributed by atoms with Crippen LogP contribution in [0.25, 0.3) is 0 Å². The molecule has 0 aliphatic heterocycles.